The van der Waals surface area contributed by atoms with Crippen LogP contribution in [0.25, 0.3) is 10.9 Å². The fourth-order valence-electron chi connectivity index (χ4n) is 3.08. The van der Waals surface area contributed by atoms with E-state index in [1.54, 1.807) is 25.3 Å². The van der Waals surface area contributed by atoms with Crippen molar-refractivity contribution in [3.8, 4) is 11.5 Å². The molecular weight excluding hydrogens is 376 g/mol. The molecule has 6 nitrogen and oxygen atoms in total. The van der Waals surface area contributed by atoms with Gasteiger partial charge >= 0.3 is 0 Å². The summed E-state index contributed by atoms with van der Waals surface area (Å²) in [7, 11) is 1.62. The topological polar surface area (TPSA) is 77.5 Å². The van der Waals surface area contributed by atoms with Crippen LogP contribution in [0.2, 0.25) is 0 Å². The van der Waals surface area contributed by atoms with E-state index in [0.717, 1.165) is 21.5 Å². The Balaban J connectivity index is 1.54. The quantitative estimate of drug-likeness (QED) is 0.523. The largest absolute Gasteiger partial charge is 0.494 e. The normalized spacial score (nSPS) is 12.9. The van der Waals surface area contributed by atoms with Gasteiger partial charge in [0.2, 0.25) is 0 Å². The molecule has 1 aromatic heterocycles. The summed E-state index contributed by atoms with van der Waals surface area (Å²) in [6, 6.07) is 12.8. The van der Waals surface area contributed by atoms with Crippen LogP contribution in [0.3, 0.4) is 0 Å². The highest BCUT2D eigenvalue weighted by molar-refractivity contribution is 7.99. The lowest BCUT2D eigenvalue weighted by Gasteiger charge is -2.18. The summed E-state index contributed by atoms with van der Waals surface area (Å²) in [6.07, 6.45) is 0. The number of para-hydroxylation sites is 1. The standard InChI is InChI=1S/C21H18N2O4S/c1-12-8-20(23-21-14(12)4-3-5-18(21)26-2)28-11-16(24)13-6-7-17-15(9-13)22-19(25)10-27-17/h3-9H,10-11H2,1-2H3,(H,22,25). The fraction of sp³-hybridized carbons (Fsp3) is 0.190. The Morgan fingerprint density at radius 3 is 2.96 bits per heavy atom. The molecule has 3 aromatic rings. The molecule has 0 saturated heterocycles. The van der Waals surface area contributed by atoms with E-state index in [9.17, 15) is 9.59 Å². The number of hydrogen-bond acceptors (Lipinski definition) is 6. The van der Waals surface area contributed by atoms with E-state index in [0.29, 0.717) is 22.7 Å². The van der Waals surface area contributed by atoms with Crippen LogP contribution in [0.1, 0.15) is 15.9 Å². The number of methoxy groups -OCH3 is 1. The molecular formula is C21H18N2O4S. The third-order valence-electron chi connectivity index (χ3n) is 4.49. The number of aryl methyl sites for hydroxylation is 1. The third kappa shape index (κ3) is 3.53. The maximum absolute atomic E-state index is 12.6. The van der Waals surface area contributed by atoms with Crippen LogP contribution in [0.4, 0.5) is 5.69 Å². The second-order valence-corrected chi connectivity index (χ2v) is 7.39. The van der Waals surface area contributed by atoms with Crippen LogP contribution < -0.4 is 14.8 Å². The van der Waals surface area contributed by atoms with Gasteiger partial charge < -0.3 is 14.8 Å². The number of rotatable bonds is 5. The van der Waals surface area contributed by atoms with Gasteiger partial charge in [-0.2, -0.15) is 0 Å². The van der Waals surface area contributed by atoms with Gasteiger partial charge in [0.1, 0.15) is 17.0 Å². The van der Waals surface area contributed by atoms with Crippen LogP contribution in [0.15, 0.2) is 47.5 Å². The Bertz CT molecular complexity index is 1100. The molecule has 7 heteroatoms. The number of benzene rings is 2. The van der Waals surface area contributed by atoms with Crippen LogP contribution in [0.5, 0.6) is 11.5 Å². The summed E-state index contributed by atoms with van der Waals surface area (Å²) in [5.41, 5.74) is 2.91. The average Bonchev–Trinajstić information content (AvgIpc) is 2.71. The second-order valence-electron chi connectivity index (χ2n) is 6.39. The molecule has 1 aliphatic rings. The molecule has 0 atom stereocenters. The Morgan fingerprint density at radius 1 is 1.29 bits per heavy atom. The van der Waals surface area contributed by atoms with Crippen molar-refractivity contribution in [3.63, 3.8) is 0 Å². The zero-order chi connectivity index (χ0) is 19.7. The zero-order valence-electron chi connectivity index (χ0n) is 15.4. The fourth-order valence-corrected chi connectivity index (χ4v) is 3.94. The van der Waals surface area contributed by atoms with Gasteiger partial charge in [0, 0.05) is 10.9 Å². The highest BCUT2D eigenvalue weighted by atomic mass is 32.2. The maximum Gasteiger partial charge on any atom is 0.262 e. The number of ketones is 1. The molecule has 0 aliphatic carbocycles. The molecule has 2 aromatic carbocycles. The molecule has 4 rings (SSSR count). The van der Waals surface area contributed by atoms with Crippen molar-refractivity contribution >= 4 is 40.0 Å². The molecule has 0 bridgehead atoms. The molecule has 1 amide bonds. The van der Waals surface area contributed by atoms with Crippen molar-refractivity contribution in [2.24, 2.45) is 0 Å². The predicted molar refractivity (Wildman–Crippen MR) is 109 cm³/mol. The van der Waals surface area contributed by atoms with Gasteiger partial charge in [-0.25, -0.2) is 4.98 Å². The van der Waals surface area contributed by atoms with E-state index in [1.165, 1.54) is 11.8 Å². The van der Waals surface area contributed by atoms with Gasteiger partial charge in [-0.05, 0) is 42.8 Å². The number of nitrogens with zero attached hydrogens (tertiary/aromatic N) is 1. The van der Waals surface area contributed by atoms with Gasteiger partial charge in [0.15, 0.2) is 12.4 Å². The summed E-state index contributed by atoms with van der Waals surface area (Å²) in [6.45, 7) is 2.01. The van der Waals surface area contributed by atoms with E-state index >= 15 is 0 Å². The first-order valence-electron chi connectivity index (χ1n) is 8.72. The van der Waals surface area contributed by atoms with Crippen molar-refractivity contribution in [2.45, 2.75) is 11.9 Å². The number of amides is 1. The number of Topliss-reactive ketones (excluding diaryl/α,β-unsaturated/α-hetero) is 1. The van der Waals surface area contributed by atoms with E-state index in [4.69, 9.17) is 9.47 Å². The van der Waals surface area contributed by atoms with Crippen LogP contribution in [0, 0.1) is 6.92 Å². The third-order valence-corrected chi connectivity index (χ3v) is 5.40. The molecule has 1 N–H and O–H groups in total. The lowest BCUT2D eigenvalue weighted by atomic mass is 10.1. The number of hydrogen-bond donors (Lipinski definition) is 1. The number of thioether (sulfide) groups is 1. The first-order chi connectivity index (χ1) is 13.5. The molecule has 0 saturated carbocycles. The summed E-state index contributed by atoms with van der Waals surface area (Å²) in [5.74, 6) is 1.24. The smallest absolute Gasteiger partial charge is 0.262 e. The van der Waals surface area contributed by atoms with Gasteiger partial charge in [-0.3, -0.25) is 9.59 Å². The number of aromatic nitrogens is 1. The number of carbonyl (C=O) groups excluding carboxylic acids is 2. The molecule has 0 radical (unpaired) electrons. The van der Waals surface area contributed by atoms with Crippen LogP contribution in [-0.2, 0) is 4.79 Å². The Hall–Kier alpha value is -3.06. The number of ether oxygens (including phenoxy) is 2. The Morgan fingerprint density at radius 2 is 2.14 bits per heavy atom. The lowest BCUT2D eigenvalue weighted by molar-refractivity contribution is -0.118. The molecule has 28 heavy (non-hydrogen) atoms. The van der Waals surface area contributed by atoms with Crippen molar-refractivity contribution < 1.29 is 19.1 Å². The van der Waals surface area contributed by atoms with E-state index in [1.807, 2.05) is 31.2 Å². The van der Waals surface area contributed by atoms with Crippen molar-refractivity contribution in [1.29, 1.82) is 0 Å². The number of anilines is 1. The minimum Gasteiger partial charge on any atom is -0.494 e. The average molecular weight is 394 g/mol. The summed E-state index contributed by atoms with van der Waals surface area (Å²) < 4.78 is 10.7. The van der Waals surface area contributed by atoms with Gasteiger partial charge in [-0.1, -0.05) is 23.9 Å². The summed E-state index contributed by atoms with van der Waals surface area (Å²) in [5, 5.41) is 4.51. The highest BCUT2D eigenvalue weighted by Crippen LogP contribution is 2.31. The monoisotopic (exact) mass is 394 g/mol. The number of carbonyl (C=O) groups is 2. The molecule has 0 spiro atoms. The van der Waals surface area contributed by atoms with Crippen molar-refractivity contribution in [3.05, 3.63) is 53.6 Å². The van der Waals surface area contributed by atoms with Crippen molar-refractivity contribution in [1.82, 2.24) is 4.98 Å². The predicted octanol–water partition coefficient (Wildman–Crippen LogP) is 3.86. The molecule has 0 fully saturated rings. The first-order valence-corrected chi connectivity index (χ1v) is 9.71. The molecule has 0 unspecified atom stereocenters. The van der Waals surface area contributed by atoms with Gasteiger partial charge in [-0.15, -0.1) is 0 Å². The number of pyridine rings is 1. The second kappa shape index (κ2) is 7.52. The van der Waals surface area contributed by atoms with E-state index < -0.39 is 0 Å². The first kappa shape index (κ1) is 18.3. The van der Waals surface area contributed by atoms with Gasteiger partial charge in [0.05, 0.1) is 23.6 Å². The van der Waals surface area contributed by atoms with Crippen LogP contribution >= 0.6 is 11.8 Å². The zero-order valence-corrected chi connectivity index (χ0v) is 16.3. The van der Waals surface area contributed by atoms with E-state index in [2.05, 4.69) is 10.3 Å². The SMILES string of the molecule is COc1cccc2c(C)cc(SCC(=O)c3ccc4c(c3)NC(=O)CO4)nc12. The summed E-state index contributed by atoms with van der Waals surface area (Å²) in [4.78, 5) is 28.8. The number of nitrogens with one attached hydrogen (secondary N) is 1. The Kier molecular flexibility index (Phi) is 4.92. The van der Waals surface area contributed by atoms with Gasteiger partial charge in [0.25, 0.3) is 5.91 Å². The van der Waals surface area contributed by atoms with Crippen LogP contribution in [-0.4, -0.2) is 36.1 Å². The molecule has 142 valence electrons. The van der Waals surface area contributed by atoms with Crippen molar-refractivity contribution in [2.75, 3.05) is 24.8 Å². The minimum absolute atomic E-state index is 0.00735. The highest BCUT2D eigenvalue weighted by Gasteiger charge is 2.18. The molecule has 2 heterocycles. The van der Waals surface area contributed by atoms with E-state index in [-0.39, 0.29) is 24.1 Å². The minimum atomic E-state index is -0.226. The number of fused-ring (bicyclic) bond motifs is 2. The molecule has 1 aliphatic heterocycles. The Labute approximate surface area is 166 Å². The maximum atomic E-state index is 12.6. The summed E-state index contributed by atoms with van der Waals surface area (Å²) >= 11 is 1.37. The lowest BCUT2D eigenvalue weighted by Crippen LogP contribution is -2.25.